The van der Waals surface area contributed by atoms with Crippen molar-refractivity contribution in [1.82, 2.24) is 0 Å². The fraction of sp³-hybridized carbons (Fsp3) is 0.750. The first-order chi connectivity index (χ1) is 31.2. The van der Waals surface area contributed by atoms with Crippen molar-refractivity contribution in [3.63, 3.8) is 0 Å². The van der Waals surface area contributed by atoms with E-state index in [1.807, 2.05) is 0 Å². The third-order valence-corrected chi connectivity index (χ3v) is 11.3. The number of carbonyl (C=O) groups excluding carboxylic acids is 3. The zero-order chi connectivity index (χ0) is 47.0. The minimum atomic E-state index is -4.75. The Balaban J connectivity index is 4.78. The van der Waals surface area contributed by atoms with Gasteiger partial charge in [0.25, 0.3) is 0 Å². The van der Waals surface area contributed by atoms with E-state index in [0.717, 1.165) is 116 Å². The van der Waals surface area contributed by atoms with Gasteiger partial charge in [0.05, 0.1) is 19.8 Å². The fourth-order valence-corrected chi connectivity index (χ4v) is 7.30. The van der Waals surface area contributed by atoms with E-state index in [0.29, 0.717) is 19.3 Å². The molecule has 3 unspecified atom stereocenters. The number of unbranched alkanes of at least 4 members (excludes halogenated alkanes) is 19. The number of ether oxygens (including phenoxy) is 3. The van der Waals surface area contributed by atoms with Gasteiger partial charge in [-0.1, -0.05) is 159 Å². The molecule has 64 heavy (non-hydrogen) atoms. The zero-order valence-electron chi connectivity index (χ0n) is 40.5. The second-order valence-corrected chi connectivity index (χ2v) is 18.0. The molecule has 0 spiro atoms. The predicted molar refractivity (Wildman–Crippen MR) is 261 cm³/mol. The van der Waals surface area contributed by atoms with Crippen molar-refractivity contribution in [1.29, 1.82) is 0 Å². The molecule has 3 atom stereocenters. The minimum absolute atomic E-state index is 0.129. The summed E-state index contributed by atoms with van der Waals surface area (Å²) in [6.45, 7) is 4.40. The zero-order valence-corrected chi connectivity index (χ0v) is 41.4. The normalized spacial score (nSPS) is 14.0. The molecule has 370 valence electrons. The quantitative estimate of drug-likeness (QED) is 0.0197. The average molecular weight is 923 g/mol. The Labute approximate surface area is 389 Å². The van der Waals surface area contributed by atoms with Crippen LogP contribution in [0.15, 0.2) is 60.8 Å². The van der Waals surface area contributed by atoms with Gasteiger partial charge in [-0.15, -0.1) is 0 Å². The molecule has 0 radical (unpaired) electrons. The lowest BCUT2D eigenvalue weighted by Crippen LogP contribution is -2.30. The number of esters is 3. The lowest BCUT2D eigenvalue weighted by molar-refractivity contribution is -0.161. The molecule has 0 aliphatic carbocycles. The SMILES string of the molecule is CC/C=C\C/C=C\C/C=C\CCCCCC(=O)OC(COC(=O)CCCCCCC/C=C\CCCC)COP(=O)(O)OCC(CO)OC(=O)CCCCCCC/C=C\CCCCCC. The standard InChI is InChI=1S/C52H91O11P/c1-4-7-10-13-16-19-22-24-27-30-33-36-39-42-51(55)62-48(44-53)46-60-64(57,58)61-47-49(45-59-50(54)41-38-35-32-29-26-21-18-15-12-9-6-3)63-52(56)43-40-37-34-31-28-25-23-20-17-14-11-8-5-2/h8,11,15,17-20,22,25,28,48-49,53H,4-7,9-10,12-14,16,21,23-24,26-27,29-47H2,1-3H3,(H,57,58)/b11-8-,18-15-,20-17-,22-19-,28-25-. The van der Waals surface area contributed by atoms with Crippen molar-refractivity contribution >= 4 is 25.7 Å². The molecule has 0 amide bonds. The molecule has 0 aromatic carbocycles. The maximum Gasteiger partial charge on any atom is 0.472 e. The van der Waals surface area contributed by atoms with E-state index >= 15 is 0 Å². The van der Waals surface area contributed by atoms with Gasteiger partial charge in [-0.2, -0.15) is 0 Å². The largest absolute Gasteiger partial charge is 0.472 e. The van der Waals surface area contributed by atoms with E-state index in [1.54, 1.807) is 0 Å². The average Bonchev–Trinajstić information content (AvgIpc) is 3.28. The number of allylic oxidation sites excluding steroid dienone is 10. The molecule has 0 saturated carbocycles. The third kappa shape index (κ3) is 44.4. The molecule has 0 bridgehead atoms. The van der Waals surface area contributed by atoms with Crippen LogP contribution >= 0.6 is 7.82 Å². The van der Waals surface area contributed by atoms with Crippen molar-refractivity contribution < 1.29 is 52.2 Å². The highest BCUT2D eigenvalue weighted by Gasteiger charge is 2.28. The maximum absolute atomic E-state index is 12.8. The van der Waals surface area contributed by atoms with E-state index in [1.165, 1.54) is 38.5 Å². The van der Waals surface area contributed by atoms with Crippen molar-refractivity contribution in [3.8, 4) is 0 Å². The number of phosphoric ester groups is 1. The molecule has 11 nitrogen and oxygen atoms in total. The van der Waals surface area contributed by atoms with E-state index in [-0.39, 0.29) is 25.9 Å². The number of hydrogen-bond acceptors (Lipinski definition) is 10. The van der Waals surface area contributed by atoms with E-state index < -0.39 is 57.8 Å². The van der Waals surface area contributed by atoms with Crippen LogP contribution in [0.5, 0.6) is 0 Å². The number of phosphoric acid groups is 1. The van der Waals surface area contributed by atoms with Gasteiger partial charge >= 0.3 is 25.7 Å². The monoisotopic (exact) mass is 923 g/mol. The van der Waals surface area contributed by atoms with Crippen molar-refractivity contribution in [2.75, 3.05) is 26.4 Å². The number of carbonyl (C=O) groups is 3. The summed E-state index contributed by atoms with van der Waals surface area (Å²) in [5.41, 5.74) is 0. The molecule has 0 aromatic rings. The topological polar surface area (TPSA) is 155 Å². The van der Waals surface area contributed by atoms with Gasteiger partial charge in [-0.05, 0) is 96.3 Å². The van der Waals surface area contributed by atoms with Crippen LogP contribution in [0.25, 0.3) is 0 Å². The van der Waals surface area contributed by atoms with Crippen LogP contribution in [-0.2, 0) is 42.2 Å². The molecular weight excluding hydrogens is 832 g/mol. The minimum Gasteiger partial charge on any atom is -0.462 e. The number of aliphatic hydroxyl groups excluding tert-OH is 1. The second kappa shape index (κ2) is 46.7. The molecule has 12 heteroatoms. The van der Waals surface area contributed by atoms with Gasteiger partial charge in [-0.3, -0.25) is 23.4 Å². The Morgan fingerprint density at radius 3 is 1.33 bits per heavy atom. The lowest BCUT2D eigenvalue weighted by atomic mass is 10.1. The highest BCUT2D eigenvalue weighted by molar-refractivity contribution is 7.47. The molecule has 0 aliphatic heterocycles. The summed E-state index contributed by atoms with van der Waals surface area (Å²) in [7, 11) is -4.75. The van der Waals surface area contributed by atoms with Gasteiger partial charge in [0.15, 0.2) is 6.10 Å². The summed E-state index contributed by atoms with van der Waals surface area (Å²) in [4.78, 5) is 48.2. The molecule has 2 N–H and O–H groups in total. The van der Waals surface area contributed by atoms with E-state index in [4.69, 9.17) is 23.3 Å². The summed E-state index contributed by atoms with van der Waals surface area (Å²) in [5, 5.41) is 9.76. The Morgan fingerprint density at radius 1 is 0.453 bits per heavy atom. The van der Waals surface area contributed by atoms with Crippen LogP contribution in [0.1, 0.15) is 213 Å². The summed E-state index contributed by atoms with van der Waals surface area (Å²) in [6.07, 6.45) is 47.7. The molecule has 0 aromatic heterocycles. The predicted octanol–water partition coefficient (Wildman–Crippen LogP) is 14.0. The molecule has 0 saturated heterocycles. The van der Waals surface area contributed by atoms with Gasteiger partial charge < -0.3 is 24.2 Å². The van der Waals surface area contributed by atoms with Crippen LogP contribution in [0.2, 0.25) is 0 Å². The summed E-state index contributed by atoms with van der Waals surface area (Å²) in [5.74, 6) is -1.52. The van der Waals surface area contributed by atoms with Crippen LogP contribution < -0.4 is 0 Å². The van der Waals surface area contributed by atoms with Crippen molar-refractivity contribution in [3.05, 3.63) is 60.8 Å². The molecule has 0 heterocycles. The molecule has 0 rings (SSSR count). The van der Waals surface area contributed by atoms with Crippen LogP contribution in [-0.4, -0.2) is 66.5 Å². The first-order valence-electron chi connectivity index (χ1n) is 25.2. The van der Waals surface area contributed by atoms with Gasteiger partial charge in [0.1, 0.15) is 12.7 Å². The summed E-state index contributed by atoms with van der Waals surface area (Å²) >= 11 is 0. The van der Waals surface area contributed by atoms with E-state index in [9.17, 15) is 28.9 Å². The van der Waals surface area contributed by atoms with Gasteiger partial charge in [-0.25, -0.2) is 4.57 Å². The third-order valence-electron chi connectivity index (χ3n) is 10.4. The summed E-state index contributed by atoms with van der Waals surface area (Å²) < 4.78 is 39.2. The number of rotatable bonds is 46. The van der Waals surface area contributed by atoms with Crippen LogP contribution in [0.3, 0.4) is 0 Å². The Hall–Kier alpha value is -2.82. The van der Waals surface area contributed by atoms with Gasteiger partial charge in [0.2, 0.25) is 0 Å². The maximum atomic E-state index is 12.8. The molecule has 0 fully saturated rings. The summed E-state index contributed by atoms with van der Waals surface area (Å²) in [6, 6.07) is 0. The molecular formula is C52H91O11P. The van der Waals surface area contributed by atoms with E-state index in [2.05, 4.69) is 81.5 Å². The number of hydrogen-bond donors (Lipinski definition) is 2. The highest BCUT2D eigenvalue weighted by atomic mass is 31.2. The van der Waals surface area contributed by atoms with Crippen molar-refractivity contribution in [2.45, 2.75) is 226 Å². The fourth-order valence-electron chi connectivity index (χ4n) is 6.52. The number of aliphatic hydroxyl groups is 1. The Bertz CT molecular complexity index is 1310. The van der Waals surface area contributed by atoms with Crippen LogP contribution in [0.4, 0.5) is 0 Å². The first kappa shape index (κ1) is 61.2. The Kier molecular flexibility index (Phi) is 44.6. The lowest BCUT2D eigenvalue weighted by Gasteiger charge is -2.21. The highest BCUT2D eigenvalue weighted by Crippen LogP contribution is 2.43. The molecule has 0 aliphatic rings. The van der Waals surface area contributed by atoms with Gasteiger partial charge in [0, 0.05) is 19.3 Å². The van der Waals surface area contributed by atoms with Crippen LogP contribution in [0, 0.1) is 0 Å². The smallest absolute Gasteiger partial charge is 0.462 e. The van der Waals surface area contributed by atoms with Crippen molar-refractivity contribution in [2.24, 2.45) is 0 Å². The second-order valence-electron chi connectivity index (χ2n) is 16.6. The first-order valence-corrected chi connectivity index (χ1v) is 26.7. The Morgan fingerprint density at radius 2 is 0.828 bits per heavy atom.